The fourth-order valence-corrected chi connectivity index (χ4v) is 3.34. The van der Waals surface area contributed by atoms with E-state index in [1.807, 2.05) is 12.1 Å². The SMILES string of the molecule is COc1cccc2c1OCC(C(=O)N1CC(OC)CC1CC(=O)O)=C2. The molecule has 1 amide bonds. The second-order valence-corrected chi connectivity index (χ2v) is 6.14. The van der Waals surface area contributed by atoms with Crippen molar-refractivity contribution in [2.45, 2.75) is 25.0 Å². The third-order valence-corrected chi connectivity index (χ3v) is 4.59. The fourth-order valence-electron chi connectivity index (χ4n) is 3.34. The first-order valence-electron chi connectivity index (χ1n) is 8.09. The van der Waals surface area contributed by atoms with Crippen LogP contribution in [0.15, 0.2) is 23.8 Å². The number of hydrogen-bond donors (Lipinski definition) is 1. The molecule has 2 aliphatic rings. The van der Waals surface area contributed by atoms with Gasteiger partial charge in [0.1, 0.15) is 6.61 Å². The number of fused-ring (bicyclic) bond motifs is 1. The number of carboxylic acids is 1. The summed E-state index contributed by atoms with van der Waals surface area (Å²) in [5.74, 6) is 0.0900. The van der Waals surface area contributed by atoms with Crippen molar-refractivity contribution in [3.8, 4) is 11.5 Å². The average Bonchev–Trinajstić information content (AvgIpc) is 3.02. The molecule has 0 radical (unpaired) electrons. The number of hydrogen-bond acceptors (Lipinski definition) is 5. The molecule has 1 saturated heterocycles. The van der Waals surface area contributed by atoms with Crippen molar-refractivity contribution in [1.82, 2.24) is 4.90 Å². The molecule has 2 unspecified atom stereocenters. The molecule has 25 heavy (non-hydrogen) atoms. The lowest BCUT2D eigenvalue weighted by Gasteiger charge is -2.26. The second kappa shape index (κ2) is 7.14. The van der Waals surface area contributed by atoms with E-state index in [1.54, 1.807) is 31.3 Å². The minimum atomic E-state index is -0.927. The summed E-state index contributed by atoms with van der Waals surface area (Å²) < 4.78 is 16.3. The van der Waals surface area contributed by atoms with Crippen molar-refractivity contribution >= 4 is 18.0 Å². The summed E-state index contributed by atoms with van der Waals surface area (Å²) in [5.41, 5.74) is 1.26. The van der Waals surface area contributed by atoms with E-state index in [0.717, 1.165) is 5.56 Å². The number of rotatable bonds is 5. The molecule has 2 atom stereocenters. The second-order valence-electron chi connectivity index (χ2n) is 6.14. The highest BCUT2D eigenvalue weighted by molar-refractivity contribution is 5.99. The molecule has 1 fully saturated rings. The van der Waals surface area contributed by atoms with Gasteiger partial charge in [0.05, 0.1) is 25.2 Å². The van der Waals surface area contributed by atoms with E-state index < -0.39 is 5.97 Å². The van der Waals surface area contributed by atoms with Crippen molar-refractivity contribution in [2.75, 3.05) is 27.4 Å². The first-order valence-corrected chi connectivity index (χ1v) is 8.09. The summed E-state index contributed by atoms with van der Waals surface area (Å²) in [6.07, 6.45) is 2.06. The number of methoxy groups -OCH3 is 2. The van der Waals surface area contributed by atoms with E-state index in [1.165, 1.54) is 0 Å². The van der Waals surface area contributed by atoms with Gasteiger partial charge in [0, 0.05) is 25.3 Å². The normalized spacial score (nSPS) is 22.0. The maximum atomic E-state index is 12.9. The molecule has 3 rings (SSSR count). The topological polar surface area (TPSA) is 85.3 Å². The van der Waals surface area contributed by atoms with Gasteiger partial charge in [-0.1, -0.05) is 12.1 Å². The maximum absolute atomic E-state index is 12.9. The summed E-state index contributed by atoms with van der Waals surface area (Å²) in [7, 11) is 3.14. The van der Waals surface area contributed by atoms with Gasteiger partial charge in [-0.15, -0.1) is 0 Å². The van der Waals surface area contributed by atoms with Crippen LogP contribution in [0, 0.1) is 0 Å². The molecule has 0 bridgehead atoms. The summed E-state index contributed by atoms with van der Waals surface area (Å²) in [4.78, 5) is 25.6. The van der Waals surface area contributed by atoms with Crippen molar-refractivity contribution < 1.29 is 28.9 Å². The average molecular weight is 347 g/mol. The van der Waals surface area contributed by atoms with Crippen LogP contribution in [0.2, 0.25) is 0 Å². The Kier molecular flexibility index (Phi) is 4.94. The number of benzene rings is 1. The van der Waals surface area contributed by atoms with Gasteiger partial charge in [-0.05, 0) is 18.6 Å². The number of aliphatic carboxylic acids is 1. The van der Waals surface area contributed by atoms with Crippen molar-refractivity contribution in [1.29, 1.82) is 0 Å². The Morgan fingerprint density at radius 3 is 2.84 bits per heavy atom. The van der Waals surface area contributed by atoms with E-state index in [4.69, 9.17) is 19.3 Å². The number of para-hydroxylation sites is 1. The Bertz CT molecular complexity index is 714. The maximum Gasteiger partial charge on any atom is 0.305 e. The van der Waals surface area contributed by atoms with Crippen LogP contribution in [0.25, 0.3) is 6.08 Å². The lowest BCUT2D eigenvalue weighted by Crippen LogP contribution is -2.39. The molecule has 0 spiro atoms. The highest BCUT2D eigenvalue weighted by atomic mass is 16.5. The van der Waals surface area contributed by atoms with Crippen LogP contribution in [0.4, 0.5) is 0 Å². The van der Waals surface area contributed by atoms with E-state index in [0.29, 0.717) is 30.0 Å². The molecule has 2 aliphatic heterocycles. The zero-order valence-electron chi connectivity index (χ0n) is 14.2. The number of amides is 1. The first kappa shape index (κ1) is 17.3. The van der Waals surface area contributed by atoms with E-state index in [2.05, 4.69) is 0 Å². The van der Waals surface area contributed by atoms with Gasteiger partial charge in [0.25, 0.3) is 5.91 Å². The van der Waals surface area contributed by atoms with Gasteiger partial charge < -0.3 is 24.2 Å². The molecule has 0 aliphatic carbocycles. The molecule has 2 heterocycles. The fraction of sp³-hybridized carbons (Fsp3) is 0.444. The third kappa shape index (κ3) is 3.46. The number of ether oxygens (including phenoxy) is 3. The summed E-state index contributed by atoms with van der Waals surface area (Å²) in [6.45, 7) is 0.510. The number of nitrogens with zero attached hydrogens (tertiary/aromatic N) is 1. The molecule has 0 saturated carbocycles. The van der Waals surface area contributed by atoms with Crippen LogP contribution < -0.4 is 9.47 Å². The predicted octanol–water partition coefficient (Wildman–Crippen LogP) is 1.56. The zero-order valence-corrected chi connectivity index (χ0v) is 14.2. The summed E-state index contributed by atoms with van der Waals surface area (Å²) >= 11 is 0. The Hall–Kier alpha value is -2.54. The lowest BCUT2D eigenvalue weighted by atomic mass is 10.0. The van der Waals surface area contributed by atoms with Crippen molar-refractivity contribution in [3.05, 3.63) is 29.3 Å². The number of likely N-dealkylation sites (tertiary alicyclic amines) is 1. The van der Waals surface area contributed by atoms with Crippen LogP contribution >= 0.6 is 0 Å². The van der Waals surface area contributed by atoms with Crippen LogP contribution in [0.1, 0.15) is 18.4 Å². The van der Waals surface area contributed by atoms with Gasteiger partial charge in [-0.25, -0.2) is 0 Å². The standard InChI is InChI=1S/C18H21NO6/c1-23-14-7-13(8-16(20)21)19(9-14)18(22)12-6-11-4-3-5-15(24-2)17(11)25-10-12/h3-6,13-14H,7-10H2,1-2H3,(H,20,21). The first-order chi connectivity index (χ1) is 12.0. The minimum absolute atomic E-state index is 0.0931. The Morgan fingerprint density at radius 2 is 2.16 bits per heavy atom. The van der Waals surface area contributed by atoms with Crippen LogP contribution in [-0.4, -0.2) is 61.4 Å². The van der Waals surface area contributed by atoms with Crippen LogP contribution in [0.3, 0.4) is 0 Å². The van der Waals surface area contributed by atoms with Gasteiger partial charge in [-0.3, -0.25) is 9.59 Å². The predicted molar refractivity (Wildman–Crippen MR) is 89.6 cm³/mol. The van der Waals surface area contributed by atoms with Gasteiger partial charge in [0.2, 0.25) is 0 Å². The number of carboxylic acid groups (broad SMARTS) is 1. The largest absolute Gasteiger partial charge is 0.493 e. The molecular formula is C18H21NO6. The van der Waals surface area contributed by atoms with E-state index in [-0.39, 0.29) is 31.1 Å². The quantitative estimate of drug-likeness (QED) is 0.870. The Balaban J connectivity index is 1.84. The summed E-state index contributed by atoms with van der Waals surface area (Å²) in [5, 5.41) is 9.10. The molecule has 134 valence electrons. The molecule has 7 nitrogen and oxygen atoms in total. The third-order valence-electron chi connectivity index (χ3n) is 4.59. The van der Waals surface area contributed by atoms with Crippen molar-refractivity contribution in [2.24, 2.45) is 0 Å². The number of carbonyl (C=O) groups is 2. The van der Waals surface area contributed by atoms with E-state index >= 15 is 0 Å². The highest BCUT2D eigenvalue weighted by Gasteiger charge is 2.38. The monoisotopic (exact) mass is 347 g/mol. The molecular weight excluding hydrogens is 326 g/mol. The summed E-state index contributed by atoms with van der Waals surface area (Å²) in [6, 6.07) is 5.10. The minimum Gasteiger partial charge on any atom is -0.493 e. The lowest BCUT2D eigenvalue weighted by molar-refractivity contribution is -0.139. The zero-order chi connectivity index (χ0) is 18.0. The molecule has 1 aromatic rings. The molecule has 0 aromatic heterocycles. The molecule has 1 aromatic carbocycles. The highest BCUT2D eigenvalue weighted by Crippen LogP contribution is 2.36. The van der Waals surface area contributed by atoms with Gasteiger partial charge in [0.15, 0.2) is 11.5 Å². The number of carbonyl (C=O) groups excluding carboxylic acids is 1. The molecule has 7 heteroatoms. The van der Waals surface area contributed by atoms with Crippen LogP contribution in [-0.2, 0) is 14.3 Å². The Morgan fingerprint density at radius 1 is 1.36 bits per heavy atom. The Labute approximate surface area is 145 Å². The van der Waals surface area contributed by atoms with Gasteiger partial charge >= 0.3 is 5.97 Å². The smallest absolute Gasteiger partial charge is 0.305 e. The van der Waals surface area contributed by atoms with Crippen LogP contribution in [0.5, 0.6) is 11.5 Å². The van der Waals surface area contributed by atoms with Gasteiger partial charge in [-0.2, -0.15) is 0 Å². The van der Waals surface area contributed by atoms with E-state index in [9.17, 15) is 9.59 Å². The van der Waals surface area contributed by atoms with Crippen molar-refractivity contribution in [3.63, 3.8) is 0 Å². The molecule has 1 N–H and O–H groups in total.